The molecule has 0 radical (unpaired) electrons. The molecule has 62 valence electrons. The van der Waals surface area contributed by atoms with Gasteiger partial charge in [0, 0.05) is 0 Å². The van der Waals surface area contributed by atoms with E-state index in [1.165, 1.54) is 5.01 Å². The molecule has 1 rings (SSSR count). The van der Waals surface area contributed by atoms with Crippen molar-refractivity contribution in [2.75, 3.05) is 0 Å². The highest BCUT2D eigenvalue weighted by atomic mass is 15.5. The molecule has 11 heavy (non-hydrogen) atoms. The molecule has 0 bridgehead atoms. The first-order valence-electron chi connectivity index (χ1n) is 3.38. The van der Waals surface area contributed by atoms with E-state index in [-0.39, 0.29) is 6.17 Å². The number of hydrogen-bond acceptors (Lipinski definition) is 5. The van der Waals surface area contributed by atoms with E-state index in [9.17, 15) is 0 Å². The topological polar surface area (TPSA) is 93.7 Å². The molecule has 5 nitrogen and oxygen atoms in total. The second kappa shape index (κ2) is 2.43. The van der Waals surface area contributed by atoms with Gasteiger partial charge in [0.25, 0.3) is 0 Å². The van der Waals surface area contributed by atoms with E-state index >= 15 is 0 Å². The van der Waals surface area contributed by atoms with Crippen molar-refractivity contribution in [2.45, 2.75) is 20.0 Å². The minimum atomic E-state index is -0.123. The van der Waals surface area contributed by atoms with Crippen molar-refractivity contribution < 1.29 is 0 Å². The van der Waals surface area contributed by atoms with Crippen molar-refractivity contribution in [2.24, 2.45) is 22.3 Å². The molecule has 1 heterocycles. The molecule has 0 aromatic heterocycles. The molecule has 1 unspecified atom stereocenters. The molecule has 0 aromatic carbocycles. The van der Waals surface area contributed by atoms with Crippen LogP contribution >= 0.6 is 0 Å². The van der Waals surface area contributed by atoms with E-state index in [0.29, 0.717) is 11.5 Å². The summed E-state index contributed by atoms with van der Waals surface area (Å²) in [7, 11) is 0. The van der Waals surface area contributed by atoms with Gasteiger partial charge in [-0.3, -0.25) is 5.01 Å². The van der Waals surface area contributed by atoms with Crippen LogP contribution in [0.5, 0.6) is 0 Å². The first-order valence-corrected chi connectivity index (χ1v) is 3.38. The maximum absolute atomic E-state index is 5.61. The normalized spacial score (nSPS) is 25.5. The average molecular weight is 155 g/mol. The molecule has 1 atom stereocenters. The Bertz CT molecular complexity index is 229. The van der Waals surface area contributed by atoms with Crippen LogP contribution in [0.3, 0.4) is 0 Å². The third kappa shape index (κ3) is 1.14. The van der Waals surface area contributed by atoms with Crippen molar-refractivity contribution in [1.29, 1.82) is 0 Å². The standard InChI is InChI=1S/C6H13N5/c1-3-5(7)6(8)10-4(2)11(3)9/h4H,7,9H2,1-2H3,(H2,8,10). The van der Waals surface area contributed by atoms with E-state index in [1.807, 2.05) is 13.8 Å². The molecule has 1 aliphatic heterocycles. The van der Waals surface area contributed by atoms with E-state index in [0.717, 1.165) is 5.70 Å². The summed E-state index contributed by atoms with van der Waals surface area (Å²) in [5.41, 5.74) is 12.3. The van der Waals surface area contributed by atoms with Crippen molar-refractivity contribution in [3.05, 3.63) is 11.4 Å². The Morgan fingerprint density at radius 3 is 2.55 bits per heavy atom. The van der Waals surface area contributed by atoms with Crippen LogP contribution in [0, 0.1) is 0 Å². The Morgan fingerprint density at radius 1 is 1.45 bits per heavy atom. The zero-order valence-electron chi connectivity index (χ0n) is 6.70. The van der Waals surface area contributed by atoms with Crippen molar-refractivity contribution in [1.82, 2.24) is 5.01 Å². The average Bonchev–Trinajstić information content (AvgIpc) is 1.97. The van der Waals surface area contributed by atoms with Crippen LogP contribution in [0.15, 0.2) is 16.4 Å². The highest BCUT2D eigenvalue weighted by Gasteiger charge is 2.18. The number of rotatable bonds is 0. The number of allylic oxidation sites excluding steroid dienone is 1. The summed E-state index contributed by atoms with van der Waals surface area (Å²) in [5, 5.41) is 1.49. The summed E-state index contributed by atoms with van der Waals surface area (Å²) < 4.78 is 0. The fourth-order valence-corrected chi connectivity index (χ4v) is 0.938. The Hall–Kier alpha value is -1.23. The Kier molecular flexibility index (Phi) is 1.74. The molecule has 5 heteroatoms. The van der Waals surface area contributed by atoms with Crippen LogP contribution in [-0.4, -0.2) is 17.0 Å². The fraction of sp³-hybridized carbons (Fsp3) is 0.500. The summed E-state index contributed by atoms with van der Waals surface area (Å²) >= 11 is 0. The van der Waals surface area contributed by atoms with Gasteiger partial charge in [-0.1, -0.05) is 0 Å². The van der Waals surface area contributed by atoms with Gasteiger partial charge in [0.1, 0.15) is 12.0 Å². The number of hydrazine groups is 1. The quantitative estimate of drug-likeness (QED) is 0.394. The lowest BCUT2D eigenvalue weighted by molar-refractivity contribution is 0.277. The van der Waals surface area contributed by atoms with Crippen LogP contribution < -0.4 is 17.3 Å². The van der Waals surface area contributed by atoms with Gasteiger partial charge in [-0.2, -0.15) is 0 Å². The largest absolute Gasteiger partial charge is 0.394 e. The smallest absolute Gasteiger partial charge is 0.145 e. The van der Waals surface area contributed by atoms with Gasteiger partial charge in [-0.05, 0) is 13.8 Å². The van der Waals surface area contributed by atoms with Crippen LogP contribution in [0.25, 0.3) is 0 Å². The van der Waals surface area contributed by atoms with Gasteiger partial charge in [0.15, 0.2) is 0 Å². The minimum absolute atomic E-state index is 0.123. The predicted octanol–water partition coefficient (Wildman–Crippen LogP) is -0.931. The zero-order chi connectivity index (χ0) is 8.59. The van der Waals surface area contributed by atoms with E-state index in [2.05, 4.69) is 4.99 Å². The zero-order valence-corrected chi connectivity index (χ0v) is 6.70. The van der Waals surface area contributed by atoms with Gasteiger partial charge >= 0.3 is 0 Å². The first kappa shape index (κ1) is 7.87. The predicted molar refractivity (Wildman–Crippen MR) is 44.0 cm³/mol. The summed E-state index contributed by atoms with van der Waals surface area (Å²) in [6.45, 7) is 3.66. The molecular formula is C6H13N5. The lowest BCUT2D eigenvalue weighted by atomic mass is 10.2. The molecule has 0 aliphatic carbocycles. The van der Waals surface area contributed by atoms with Crippen LogP contribution in [0.1, 0.15) is 13.8 Å². The van der Waals surface area contributed by atoms with Gasteiger partial charge in [0.2, 0.25) is 0 Å². The van der Waals surface area contributed by atoms with Crippen LogP contribution in [0.4, 0.5) is 0 Å². The van der Waals surface area contributed by atoms with Gasteiger partial charge < -0.3 is 11.5 Å². The van der Waals surface area contributed by atoms with Crippen LogP contribution in [0.2, 0.25) is 0 Å². The third-order valence-corrected chi connectivity index (χ3v) is 1.78. The highest BCUT2D eigenvalue weighted by Crippen LogP contribution is 2.12. The summed E-state index contributed by atoms with van der Waals surface area (Å²) in [6.07, 6.45) is -0.123. The Balaban J connectivity index is 3.02. The number of aliphatic imine (C=N–C) groups is 1. The van der Waals surface area contributed by atoms with E-state index in [1.54, 1.807) is 0 Å². The van der Waals surface area contributed by atoms with Gasteiger partial charge in [0.05, 0.1) is 11.4 Å². The third-order valence-electron chi connectivity index (χ3n) is 1.78. The number of hydrogen-bond donors (Lipinski definition) is 3. The van der Waals surface area contributed by atoms with Gasteiger partial charge in [-0.25, -0.2) is 10.8 Å². The van der Waals surface area contributed by atoms with Gasteiger partial charge in [-0.15, -0.1) is 0 Å². The monoisotopic (exact) mass is 155 g/mol. The summed E-state index contributed by atoms with van der Waals surface area (Å²) in [5.74, 6) is 5.98. The lowest BCUT2D eigenvalue weighted by Crippen LogP contribution is -2.44. The Morgan fingerprint density at radius 2 is 2.00 bits per heavy atom. The summed E-state index contributed by atoms with van der Waals surface area (Å²) in [6, 6.07) is 0. The van der Waals surface area contributed by atoms with Crippen molar-refractivity contribution in [3.63, 3.8) is 0 Å². The first-order chi connectivity index (χ1) is 5.04. The highest BCUT2D eigenvalue weighted by molar-refractivity contribution is 5.97. The molecule has 0 amide bonds. The number of amidine groups is 1. The maximum atomic E-state index is 5.61. The molecule has 0 saturated carbocycles. The van der Waals surface area contributed by atoms with Crippen LogP contribution in [-0.2, 0) is 0 Å². The number of nitrogens with two attached hydrogens (primary N) is 3. The van der Waals surface area contributed by atoms with Crippen molar-refractivity contribution in [3.8, 4) is 0 Å². The lowest BCUT2D eigenvalue weighted by Gasteiger charge is -2.29. The molecule has 6 N–H and O–H groups in total. The van der Waals surface area contributed by atoms with E-state index < -0.39 is 0 Å². The minimum Gasteiger partial charge on any atom is -0.394 e. The molecule has 0 fully saturated rings. The SMILES string of the molecule is CC1=C(N)C(N)=NC(C)N1N. The second-order valence-corrected chi connectivity index (χ2v) is 2.55. The molecule has 0 spiro atoms. The second-order valence-electron chi connectivity index (χ2n) is 2.55. The molecule has 1 aliphatic rings. The number of nitrogens with zero attached hydrogens (tertiary/aromatic N) is 2. The van der Waals surface area contributed by atoms with E-state index in [4.69, 9.17) is 17.3 Å². The molecule has 0 saturated heterocycles. The fourth-order valence-electron chi connectivity index (χ4n) is 0.938. The summed E-state index contributed by atoms with van der Waals surface area (Å²) in [4.78, 5) is 4.01. The van der Waals surface area contributed by atoms with Crippen molar-refractivity contribution >= 4 is 5.84 Å². The maximum Gasteiger partial charge on any atom is 0.145 e. The molecular weight excluding hydrogens is 142 g/mol. The molecule has 0 aromatic rings. The Labute approximate surface area is 65.5 Å².